The normalized spacial score (nSPS) is 16.1. The smallest absolute Gasteiger partial charge is 0.240 e. The van der Waals surface area contributed by atoms with Crippen LogP contribution in [-0.4, -0.2) is 24.6 Å². The largest absolute Gasteiger partial charge is 0.494 e. The van der Waals surface area contributed by atoms with Gasteiger partial charge in [-0.05, 0) is 37.8 Å². The second kappa shape index (κ2) is 8.25. The van der Waals surface area contributed by atoms with Crippen LogP contribution in [0.15, 0.2) is 24.3 Å². The highest BCUT2D eigenvalue weighted by atomic mass is 35.5. The monoisotopic (exact) mass is 312 g/mol. The van der Waals surface area contributed by atoms with Gasteiger partial charge >= 0.3 is 0 Å². The van der Waals surface area contributed by atoms with E-state index < -0.39 is 5.54 Å². The van der Waals surface area contributed by atoms with Gasteiger partial charge < -0.3 is 15.8 Å². The maximum atomic E-state index is 12.1. The van der Waals surface area contributed by atoms with Crippen LogP contribution in [0.25, 0.3) is 0 Å². The van der Waals surface area contributed by atoms with Crippen molar-refractivity contribution in [2.45, 2.75) is 44.6 Å². The van der Waals surface area contributed by atoms with Gasteiger partial charge in [0.2, 0.25) is 5.91 Å². The minimum atomic E-state index is -0.639. The molecule has 1 amide bonds. The van der Waals surface area contributed by atoms with Crippen molar-refractivity contribution in [3.63, 3.8) is 0 Å². The lowest BCUT2D eigenvalue weighted by Gasteiger charge is -2.22. The molecule has 118 valence electrons. The first-order valence-electron chi connectivity index (χ1n) is 7.43. The molecule has 0 radical (unpaired) electrons. The topological polar surface area (TPSA) is 64.3 Å². The summed E-state index contributed by atoms with van der Waals surface area (Å²) in [5.41, 5.74) is 6.60. The van der Waals surface area contributed by atoms with Crippen molar-refractivity contribution in [3.8, 4) is 5.75 Å². The van der Waals surface area contributed by atoms with E-state index >= 15 is 0 Å². The molecule has 0 aliphatic heterocycles. The van der Waals surface area contributed by atoms with Crippen LogP contribution in [0.1, 0.15) is 38.2 Å². The number of rotatable bonds is 6. The van der Waals surface area contributed by atoms with E-state index in [0.717, 1.165) is 43.4 Å². The fourth-order valence-electron chi connectivity index (χ4n) is 2.73. The van der Waals surface area contributed by atoms with Crippen LogP contribution < -0.4 is 15.8 Å². The number of hydrogen-bond acceptors (Lipinski definition) is 3. The van der Waals surface area contributed by atoms with Gasteiger partial charge in [-0.2, -0.15) is 0 Å². The van der Waals surface area contributed by atoms with Gasteiger partial charge in [-0.3, -0.25) is 4.79 Å². The number of ether oxygens (including phenoxy) is 1. The number of hydrogen-bond donors (Lipinski definition) is 2. The molecule has 2 rings (SSSR count). The van der Waals surface area contributed by atoms with Crippen molar-refractivity contribution in [1.29, 1.82) is 0 Å². The molecular weight excluding hydrogens is 288 g/mol. The highest BCUT2D eigenvalue weighted by molar-refractivity contribution is 5.86. The summed E-state index contributed by atoms with van der Waals surface area (Å²) < 4.78 is 5.58. The van der Waals surface area contributed by atoms with E-state index in [1.54, 1.807) is 0 Å². The summed E-state index contributed by atoms with van der Waals surface area (Å²) in [7, 11) is 0. The van der Waals surface area contributed by atoms with Crippen molar-refractivity contribution in [2.24, 2.45) is 5.73 Å². The van der Waals surface area contributed by atoms with Crippen molar-refractivity contribution in [1.82, 2.24) is 5.32 Å². The second-order valence-corrected chi connectivity index (χ2v) is 5.41. The van der Waals surface area contributed by atoms with Gasteiger partial charge in [-0.25, -0.2) is 0 Å². The highest BCUT2D eigenvalue weighted by Gasteiger charge is 2.36. The Morgan fingerprint density at radius 2 is 2.00 bits per heavy atom. The quantitative estimate of drug-likeness (QED) is 0.848. The Hall–Kier alpha value is -1.26. The Morgan fingerprint density at radius 3 is 2.67 bits per heavy atom. The van der Waals surface area contributed by atoms with E-state index in [9.17, 15) is 4.79 Å². The minimum Gasteiger partial charge on any atom is -0.494 e. The van der Waals surface area contributed by atoms with Crippen LogP contribution in [0.3, 0.4) is 0 Å². The number of carbonyl (C=O) groups is 1. The molecule has 0 bridgehead atoms. The molecule has 4 nitrogen and oxygen atoms in total. The van der Waals surface area contributed by atoms with Gasteiger partial charge in [0.05, 0.1) is 12.1 Å². The van der Waals surface area contributed by atoms with Crippen LogP contribution in [0.4, 0.5) is 0 Å². The summed E-state index contributed by atoms with van der Waals surface area (Å²) in [6, 6.07) is 7.94. The Labute approximate surface area is 132 Å². The zero-order valence-corrected chi connectivity index (χ0v) is 13.4. The SMILES string of the molecule is CCOc1ccccc1CCNC(=O)C1(N)CCCC1.Cl. The standard InChI is InChI=1S/C16H24N2O2.ClH/c1-2-20-14-8-4-3-7-13(14)9-12-18-15(19)16(17)10-5-6-11-16;/h3-4,7-8H,2,5-6,9-12,17H2,1H3,(H,18,19);1H. The van der Waals surface area contributed by atoms with E-state index in [4.69, 9.17) is 10.5 Å². The van der Waals surface area contributed by atoms with Crippen molar-refractivity contribution in [2.75, 3.05) is 13.2 Å². The van der Waals surface area contributed by atoms with Crippen molar-refractivity contribution < 1.29 is 9.53 Å². The molecule has 0 spiro atoms. The van der Waals surface area contributed by atoms with E-state index in [-0.39, 0.29) is 18.3 Å². The number of para-hydroxylation sites is 1. The van der Waals surface area contributed by atoms with E-state index in [1.807, 2.05) is 31.2 Å². The maximum absolute atomic E-state index is 12.1. The van der Waals surface area contributed by atoms with E-state index in [0.29, 0.717) is 13.2 Å². The lowest BCUT2D eigenvalue weighted by molar-refractivity contribution is -0.126. The minimum absolute atomic E-state index is 0. The molecule has 21 heavy (non-hydrogen) atoms. The van der Waals surface area contributed by atoms with Crippen LogP contribution in [-0.2, 0) is 11.2 Å². The lowest BCUT2D eigenvalue weighted by Crippen LogP contribution is -2.52. The zero-order chi connectivity index (χ0) is 14.4. The fraction of sp³-hybridized carbons (Fsp3) is 0.562. The number of nitrogens with one attached hydrogen (secondary N) is 1. The molecule has 1 saturated carbocycles. The van der Waals surface area contributed by atoms with Gasteiger partial charge in [0, 0.05) is 6.54 Å². The molecule has 0 heterocycles. The molecule has 0 atom stereocenters. The third kappa shape index (κ3) is 4.61. The Morgan fingerprint density at radius 1 is 1.33 bits per heavy atom. The average Bonchev–Trinajstić information content (AvgIpc) is 2.89. The van der Waals surface area contributed by atoms with Gasteiger partial charge in [0.15, 0.2) is 0 Å². The molecule has 3 N–H and O–H groups in total. The average molecular weight is 313 g/mol. The first-order chi connectivity index (χ1) is 9.65. The zero-order valence-electron chi connectivity index (χ0n) is 12.6. The van der Waals surface area contributed by atoms with Crippen LogP contribution in [0.5, 0.6) is 5.75 Å². The maximum Gasteiger partial charge on any atom is 0.240 e. The molecule has 5 heteroatoms. The molecule has 1 fully saturated rings. The summed E-state index contributed by atoms with van der Waals surface area (Å²) in [4.78, 5) is 12.1. The van der Waals surface area contributed by atoms with Crippen molar-refractivity contribution >= 4 is 18.3 Å². The van der Waals surface area contributed by atoms with Gasteiger partial charge in [-0.15, -0.1) is 12.4 Å². The molecule has 1 aromatic rings. The predicted molar refractivity (Wildman–Crippen MR) is 87.0 cm³/mol. The second-order valence-electron chi connectivity index (χ2n) is 5.41. The fourth-order valence-corrected chi connectivity index (χ4v) is 2.73. The molecule has 1 aromatic carbocycles. The molecule has 1 aliphatic carbocycles. The summed E-state index contributed by atoms with van der Waals surface area (Å²) in [6.45, 7) is 3.22. The number of carbonyl (C=O) groups excluding carboxylic acids is 1. The summed E-state index contributed by atoms with van der Waals surface area (Å²) in [5.74, 6) is 0.886. The number of nitrogens with two attached hydrogens (primary N) is 1. The number of halogens is 1. The first-order valence-corrected chi connectivity index (χ1v) is 7.43. The van der Waals surface area contributed by atoms with Crippen molar-refractivity contribution in [3.05, 3.63) is 29.8 Å². The predicted octanol–water partition coefficient (Wildman–Crippen LogP) is 2.44. The summed E-state index contributed by atoms with van der Waals surface area (Å²) in [5, 5.41) is 2.96. The Bertz CT molecular complexity index is 459. The van der Waals surface area contributed by atoms with Gasteiger partial charge in [0.1, 0.15) is 5.75 Å². The van der Waals surface area contributed by atoms with Gasteiger partial charge in [-0.1, -0.05) is 31.0 Å². The van der Waals surface area contributed by atoms with Gasteiger partial charge in [0.25, 0.3) is 0 Å². The Kier molecular flexibility index (Phi) is 6.99. The lowest BCUT2D eigenvalue weighted by atomic mass is 9.98. The highest BCUT2D eigenvalue weighted by Crippen LogP contribution is 2.27. The van der Waals surface area contributed by atoms with E-state index in [2.05, 4.69) is 5.32 Å². The van der Waals surface area contributed by atoms with Crippen LogP contribution in [0, 0.1) is 0 Å². The number of benzene rings is 1. The third-order valence-electron chi connectivity index (χ3n) is 3.90. The molecule has 0 unspecified atom stereocenters. The molecule has 1 aliphatic rings. The third-order valence-corrected chi connectivity index (χ3v) is 3.90. The molecular formula is C16H25ClN2O2. The van der Waals surface area contributed by atoms with Crippen LogP contribution in [0.2, 0.25) is 0 Å². The summed E-state index contributed by atoms with van der Waals surface area (Å²) in [6.07, 6.45) is 4.47. The van der Waals surface area contributed by atoms with Crippen LogP contribution >= 0.6 is 12.4 Å². The molecule has 0 saturated heterocycles. The molecule has 0 aromatic heterocycles. The summed E-state index contributed by atoms with van der Waals surface area (Å²) >= 11 is 0. The number of amides is 1. The Balaban J connectivity index is 0.00000220. The first kappa shape index (κ1) is 17.8. The van der Waals surface area contributed by atoms with E-state index in [1.165, 1.54) is 0 Å².